The first-order valence-electron chi connectivity index (χ1n) is 6.83. The Balaban J connectivity index is 1.68. The monoisotopic (exact) mass is 426 g/mol. The highest BCUT2D eigenvalue weighted by atomic mass is 32.3. The third kappa shape index (κ3) is 2.95. The van der Waals surface area contributed by atoms with Gasteiger partial charge in [0, 0.05) is 20.9 Å². The first-order chi connectivity index (χ1) is 11.6. The van der Waals surface area contributed by atoms with Gasteiger partial charge < -0.3 is 0 Å². The van der Waals surface area contributed by atoms with E-state index in [0.717, 1.165) is 9.79 Å². The van der Waals surface area contributed by atoms with Crippen molar-refractivity contribution in [2.45, 2.75) is 9.79 Å². The number of ketones is 2. The summed E-state index contributed by atoms with van der Waals surface area (Å²) in [5.41, 5.74) is 1.06. The maximum absolute atomic E-state index is 12.0. The Kier molecular flexibility index (Phi) is 4.96. The topological polar surface area (TPSA) is 34.1 Å². The van der Waals surface area contributed by atoms with Crippen LogP contribution in [0.2, 0.25) is 0 Å². The van der Waals surface area contributed by atoms with Crippen LogP contribution in [-0.4, -0.2) is 24.1 Å². The van der Waals surface area contributed by atoms with Gasteiger partial charge in [0.25, 0.3) is 0 Å². The lowest BCUT2D eigenvalue weighted by molar-refractivity contribution is 0.0993. The van der Waals surface area contributed by atoms with Gasteiger partial charge >= 0.3 is 0 Å². The van der Waals surface area contributed by atoms with Crippen LogP contribution in [0.1, 0.15) is 20.7 Å². The van der Waals surface area contributed by atoms with Crippen LogP contribution in [0.4, 0.5) is 0 Å². The van der Waals surface area contributed by atoms with E-state index in [-0.39, 0.29) is 11.6 Å². The molecule has 0 aromatic heterocycles. The summed E-state index contributed by atoms with van der Waals surface area (Å²) in [5, 5.41) is 0. The van der Waals surface area contributed by atoms with Crippen LogP contribution >= 0.6 is 70.6 Å². The molecule has 3 aliphatic rings. The van der Waals surface area contributed by atoms with Crippen LogP contribution in [0.3, 0.4) is 0 Å². The SMILES string of the molecule is CSC1=C(SC)SC(=C2Sc3cc4c(cc3S2)C(=O)C=CC4=O)S1. The fourth-order valence-corrected chi connectivity index (χ4v) is 10.2. The zero-order valence-corrected chi connectivity index (χ0v) is 17.5. The van der Waals surface area contributed by atoms with Gasteiger partial charge in [0.15, 0.2) is 11.6 Å². The predicted octanol–water partition coefficient (Wildman–Crippen LogP) is 6.28. The summed E-state index contributed by atoms with van der Waals surface area (Å²) in [6, 6.07) is 3.75. The molecule has 0 radical (unpaired) electrons. The lowest BCUT2D eigenvalue weighted by Gasteiger charge is -2.10. The highest BCUT2D eigenvalue weighted by Crippen LogP contribution is 2.63. The minimum absolute atomic E-state index is 0.0836. The Morgan fingerprint density at radius 1 is 0.708 bits per heavy atom. The molecule has 0 atom stereocenters. The van der Waals surface area contributed by atoms with Gasteiger partial charge in [-0.25, -0.2) is 0 Å². The van der Waals surface area contributed by atoms with E-state index >= 15 is 0 Å². The number of hydrogen-bond donors (Lipinski definition) is 0. The van der Waals surface area contributed by atoms with Gasteiger partial charge in [-0.15, -0.1) is 23.5 Å². The quantitative estimate of drug-likeness (QED) is 0.547. The van der Waals surface area contributed by atoms with Crippen molar-refractivity contribution in [1.29, 1.82) is 0 Å². The molecule has 0 bridgehead atoms. The highest BCUT2D eigenvalue weighted by Gasteiger charge is 2.30. The minimum Gasteiger partial charge on any atom is -0.289 e. The van der Waals surface area contributed by atoms with Gasteiger partial charge in [-0.05, 0) is 36.8 Å². The van der Waals surface area contributed by atoms with E-state index in [1.54, 1.807) is 47.0 Å². The first-order valence-corrected chi connectivity index (χ1v) is 12.5. The third-order valence-corrected chi connectivity index (χ3v) is 11.7. The number of thioether (sulfide) groups is 6. The van der Waals surface area contributed by atoms with Crippen molar-refractivity contribution in [3.05, 3.63) is 52.4 Å². The molecule has 1 aromatic carbocycles. The second-order valence-electron chi connectivity index (χ2n) is 4.87. The smallest absolute Gasteiger partial charge is 0.186 e. The summed E-state index contributed by atoms with van der Waals surface area (Å²) in [6.45, 7) is 0. The van der Waals surface area contributed by atoms with Gasteiger partial charge in [-0.2, -0.15) is 0 Å². The van der Waals surface area contributed by atoms with E-state index in [1.165, 1.54) is 29.1 Å². The summed E-state index contributed by atoms with van der Waals surface area (Å²) in [6.07, 6.45) is 6.94. The zero-order chi connectivity index (χ0) is 16.8. The molecule has 24 heavy (non-hydrogen) atoms. The largest absolute Gasteiger partial charge is 0.289 e. The van der Waals surface area contributed by atoms with Crippen molar-refractivity contribution < 1.29 is 9.59 Å². The van der Waals surface area contributed by atoms with Crippen LogP contribution in [0, 0.1) is 0 Å². The Morgan fingerprint density at radius 2 is 1.12 bits per heavy atom. The summed E-state index contributed by atoms with van der Waals surface area (Å²) < 4.78 is 5.23. The molecule has 0 saturated heterocycles. The van der Waals surface area contributed by atoms with Crippen molar-refractivity contribution >= 4 is 82.1 Å². The average molecular weight is 427 g/mol. The minimum atomic E-state index is -0.0836. The lowest BCUT2D eigenvalue weighted by atomic mass is 9.95. The van der Waals surface area contributed by atoms with Gasteiger partial charge in [-0.1, -0.05) is 47.0 Å². The number of allylic oxidation sites excluding steroid dienone is 2. The average Bonchev–Trinajstić information content (AvgIpc) is 3.19. The molecule has 2 nitrogen and oxygen atoms in total. The molecule has 0 spiro atoms. The summed E-state index contributed by atoms with van der Waals surface area (Å²) in [7, 11) is 0. The van der Waals surface area contributed by atoms with Gasteiger partial charge in [0.2, 0.25) is 0 Å². The van der Waals surface area contributed by atoms with Crippen molar-refractivity contribution in [1.82, 2.24) is 0 Å². The Labute approximate surface area is 165 Å². The standard InChI is InChI=1S/C16H10O2S6/c1-19-13-14(20-2)24-16(23-13)15-21-11-5-7-8(6-12(11)22-15)10(18)4-3-9(7)17/h3-6H,1-2H3. The van der Waals surface area contributed by atoms with E-state index in [9.17, 15) is 9.59 Å². The summed E-state index contributed by atoms with van der Waals surface area (Å²) >= 11 is 10.6. The van der Waals surface area contributed by atoms with Gasteiger partial charge in [0.1, 0.15) is 0 Å². The highest BCUT2D eigenvalue weighted by molar-refractivity contribution is 8.41. The number of fused-ring (bicyclic) bond motifs is 2. The molecule has 0 N–H and O–H groups in total. The molecule has 1 aliphatic carbocycles. The molecule has 2 heterocycles. The van der Waals surface area contributed by atoms with Crippen LogP contribution in [0.25, 0.3) is 0 Å². The molecule has 0 amide bonds. The molecular formula is C16H10O2S6. The molecule has 0 unspecified atom stereocenters. The molecule has 4 rings (SSSR count). The van der Waals surface area contributed by atoms with Gasteiger partial charge in [0.05, 0.1) is 16.9 Å². The Bertz CT molecular complexity index is 814. The Hall–Kier alpha value is -0.120. The van der Waals surface area contributed by atoms with Gasteiger partial charge in [-0.3, -0.25) is 9.59 Å². The number of benzene rings is 1. The molecule has 0 fully saturated rings. The van der Waals surface area contributed by atoms with E-state index in [0.29, 0.717) is 11.1 Å². The number of carbonyl (C=O) groups is 2. The molecule has 122 valence electrons. The molecule has 1 aromatic rings. The maximum atomic E-state index is 12.0. The third-order valence-electron chi connectivity index (χ3n) is 3.48. The predicted molar refractivity (Wildman–Crippen MR) is 112 cm³/mol. The number of carbonyl (C=O) groups excluding carboxylic acids is 2. The molecular weight excluding hydrogens is 417 g/mol. The summed E-state index contributed by atoms with van der Waals surface area (Å²) in [5.74, 6) is -0.167. The Morgan fingerprint density at radius 3 is 1.54 bits per heavy atom. The van der Waals surface area contributed by atoms with Crippen molar-refractivity contribution in [3.8, 4) is 0 Å². The normalized spacial score (nSPS) is 19.4. The maximum Gasteiger partial charge on any atom is 0.186 e. The van der Waals surface area contributed by atoms with Crippen LogP contribution in [0.5, 0.6) is 0 Å². The van der Waals surface area contributed by atoms with Crippen LogP contribution in [0.15, 0.2) is 51.0 Å². The van der Waals surface area contributed by atoms with Crippen molar-refractivity contribution in [2.75, 3.05) is 12.5 Å². The fraction of sp³-hybridized carbons (Fsp3) is 0.125. The van der Waals surface area contributed by atoms with Crippen molar-refractivity contribution in [2.24, 2.45) is 0 Å². The van der Waals surface area contributed by atoms with Crippen LogP contribution in [-0.2, 0) is 0 Å². The number of hydrogen-bond acceptors (Lipinski definition) is 8. The summed E-state index contributed by atoms with van der Waals surface area (Å²) in [4.78, 5) is 26.2. The van der Waals surface area contributed by atoms with E-state index < -0.39 is 0 Å². The second-order valence-corrected chi connectivity index (χ2v) is 11.7. The van der Waals surface area contributed by atoms with Crippen molar-refractivity contribution in [3.63, 3.8) is 0 Å². The fourth-order valence-electron chi connectivity index (χ4n) is 2.37. The second kappa shape index (κ2) is 6.89. The first kappa shape index (κ1) is 17.3. The molecule has 2 aliphatic heterocycles. The molecule has 0 saturated carbocycles. The van der Waals surface area contributed by atoms with E-state index in [4.69, 9.17) is 0 Å². The van der Waals surface area contributed by atoms with E-state index in [2.05, 4.69) is 12.5 Å². The lowest BCUT2D eigenvalue weighted by Crippen LogP contribution is -2.11. The van der Waals surface area contributed by atoms with Crippen LogP contribution < -0.4 is 0 Å². The zero-order valence-electron chi connectivity index (χ0n) is 12.6. The number of rotatable bonds is 2. The molecule has 8 heteroatoms. The van der Waals surface area contributed by atoms with E-state index in [1.807, 2.05) is 35.7 Å².